The summed E-state index contributed by atoms with van der Waals surface area (Å²) in [6, 6.07) is 8.38. The fourth-order valence-corrected chi connectivity index (χ4v) is 4.08. The number of pyridine rings is 1. The summed E-state index contributed by atoms with van der Waals surface area (Å²) >= 11 is 0. The molecule has 2 heterocycles. The summed E-state index contributed by atoms with van der Waals surface area (Å²) in [5, 5.41) is 15.6. The smallest absolute Gasteiger partial charge is 0.119 e. The lowest BCUT2D eigenvalue weighted by Gasteiger charge is -2.33. The second kappa shape index (κ2) is 10.7. The van der Waals surface area contributed by atoms with Crippen molar-refractivity contribution in [3.05, 3.63) is 36.0 Å². The van der Waals surface area contributed by atoms with E-state index in [9.17, 15) is 5.11 Å². The predicted octanol–water partition coefficient (Wildman–Crippen LogP) is 3.91. The summed E-state index contributed by atoms with van der Waals surface area (Å²) < 4.78 is 5.35. The number of β-amino-alcohol motifs (C(OH)–C–C–N with tert-alkyl or cyclic N) is 1. The molecule has 0 bridgehead atoms. The molecule has 1 aromatic heterocycles. The van der Waals surface area contributed by atoms with E-state index in [1.165, 1.54) is 25.7 Å². The highest BCUT2D eigenvalue weighted by molar-refractivity contribution is 5.83. The van der Waals surface area contributed by atoms with Crippen molar-refractivity contribution in [1.29, 1.82) is 0 Å². The summed E-state index contributed by atoms with van der Waals surface area (Å²) in [5.74, 6) is 0.791. The SMILES string of the molecule is CCCCCCNC1CCN(CC(O)c2ccnc3ccc(OC)cc23)CC1. The molecule has 1 saturated heterocycles. The van der Waals surface area contributed by atoms with E-state index in [1.807, 2.05) is 24.3 Å². The zero-order valence-corrected chi connectivity index (χ0v) is 17.4. The minimum Gasteiger partial charge on any atom is -0.497 e. The summed E-state index contributed by atoms with van der Waals surface area (Å²) in [5.41, 5.74) is 1.82. The Balaban J connectivity index is 1.51. The number of methoxy groups -OCH3 is 1. The standard InChI is InChI=1S/C23H35N3O2/c1-3-4-5-6-12-24-18-10-14-26(15-11-18)17-23(27)20-9-13-25-22-8-7-19(28-2)16-21(20)22/h7-9,13,16,18,23-24,27H,3-6,10-12,14-15,17H2,1-2H3. The molecule has 5 heteroatoms. The number of fused-ring (bicyclic) bond motifs is 1. The average molecular weight is 386 g/mol. The third-order valence-corrected chi connectivity index (χ3v) is 5.82. The highest BCUT2D eigenvalue weighted by Gasteiger charge is 2.22. The quantitative estimate of drug-likeness (QED) is 0.607. The van der Waals surface area contributed by atoms with Gasteiger partial charge < -0.3 is 20.1 Å². The van der Waals surface area contributed by atoms with Crippen LogP contribution in [-0.4, -0.2) is 54.3 Å². The van der Waals surface area contributed by atoms with Gasteiger partial charge in [0.05, 0.1) is 18.7 Å². The van der Waals surface area contributed by atoms with Gasteiger partial charge in [-0.1, -0.05) is 26.2 Å². The van der Waals surface area contributed by atoms with E-state index in [2.05, 4.69) is 22.1 Å². The molecule has 0 saturated carbocycles. The molecule has 2 aromatic rings. The number of benzene rings is 1. The van der Waals surface area contributed by atoms with Gasteiger partial charge in [-0.15, -0.1) is 0 Å². The lowest BCUT2D eigenvalue weighted by Crippen LogP contribution is -2.44. The molecular weight excluding hydrogens is 350 g/mol. The van der Waals surface area contributed by atoms with Gasteiger partial charge in [0.2, 0.25) is 0 Å². The molecule has 0 radical (unpaired) electrons. The van der Waals surface area contributed by atoms with Gasteiger partial charge in [-0.2, -0.15) is 0 Å². The summed E-state index contributed by atoms with van der Waals surface area (Å²) in [4.78, 5) is 6.80. The van der Waals surface area contributed by atoms with E-state index >= 15 is 0 Å². The van der Waals surface area contributed by atoms with Crippen LogP contribution in [0, 0.1) is 0 Å². The fourth-order valence-electron chi connectivity index (χ4n) is 4.08. The van der Waals surface area contributed by atoms with Crippen molar-refractivity contribution >= 4 is 10.9 Å². The van der Waals surface area contributed by atoms with E-state index in [0.717, 1.165) is 54.7 Å². The van der Waals surface area contributed by atoms with Crippen LogP contribution >= 0.6 is 0 Å². The maximum atomic E-state index is 10.9. The van der Waals surface area contributed by atoms with Gasteiger partial charge in [0.25, 0.3) is 0 Å². The van der Waals surface area contributed by atoms with Crippen LogP contribution < -0.4 is 10.1 Å². The fraction of sp³-hybridized carbons (Fsp3) is 0.609. The molecule has 1 aliphatic heterocycles. The molecule has 1 unspecified atom stereocenters. The van der Waals surface area contributed by atoms with Gasteiger partial charge in [0, 0.05) is 24.2 Å². The Labute approximate surface area is 169 Å². The largest absolute Gasteiger partial charge is 0.497 e. The first-order chi connectivity index (χ1) is 13.7. The minimum absolute atomic E-state index is 0.517. The summed E-state index contributed by atoms with van der Waals surface area (Å²) in [6.07, 6.45) is 8.83. The number of hydrogen-bond acceptors (Lipinski definition) is 5. The first-order valence-corrected chi connectivity index (χ1v) is 10.8. The number of ether oxygens (including phenoxy) is 1. The number of unbranched alkanes of at least 4 members (excludes halogenated alkanes) is 3. The number of nitrogens with zero attached hydrogens (tertiary/aromatic N) is 2. The Morgan fingerprint density at radius 1 is 1.21 bits per heavy atom. The number of aliphatic hydroxyl groups excluding tert-OH is 1. The average Bonchev–Trinajstić information content (AvgIpc) is 2.73. The number of aliphatic hydroxyl groups is 1. The monoisotopic (exact) mass is 385 g/mol. The van der Waals surface area contributed by atoms with Crippen LogP contribution in [0.2, 0.25) is 0 Å². The summed E-state index contributed by atoms with van der Waals surface area (Å²) in [6.45, 7) is 6.13. The number of piperidine rings is 1. The molecule has 1 aliphatic rings. The number of rotatable bonds is 10. The number of hydrogen-bond donors (Lipinski definition) is 2. The van der Waals surface area contributed by atoms with E-state index in [4.69, 9.17) is 4.74 Å². The molecule has 5 nitrogen and oxygen atoms in total. The van der Waals surface area contributed by atoms with Crippen molar-refractivity contribution in [2.75, 3.05) is 33.3 Å². The lowest BCUT2D eigenvalue weighted by atomic mass is 10.0. The molecule has 3 rings (SSSR count). The summed E-state index contributed by atoms with van der Waals surface area (Å²) in [7, 11) is 1.66. The molecule has 0 amide bonds. The maximum Gasteiger partial charge on any atom is 0.119 e. The Morgan fingerprint density at radius 3 is 2.79 bits per heavy atom. The van der Waals surface area contributed by atoms with E-state index in [-0.39, 0.29) is 0 Å². The molecule has 1 fully saturated rings. The van der Waals surface area contributed by atoms with Crippen LogP contribution in [0.3, 0.4) is 0 Å². The van der Waals surface area contributed by atoms with Crippen molar-refractivity contribution in [3.63, 3.8) is 0 Å². The molecule has 0 aliphatic carbocycles. The van der Waals surface area contributed by atoms with Crippen molar-refractivity contribution in [2.45, 2.75) is 57.6 Å². The minimum atomic E-state index is -0.517. The van der Waals surface area contributed by atoms with Gasteiger partial charge in [0.1, 0.15) is 5.75 Å². The topological polar surface area (TPSA) is 57.6 Å². The second-order valence-corrected chi connectivity index (χ2v) is 7.89. The molecule has 2 N–H and O–H groups in total. The van der Waals surface area contributed by atoms with Crippen LogP contribution in [0.5, 0.6) is 5.75 Å². The third kappa shape index (κ3) is 5.66. The van der Waals surface area contributed by atoms with Gasteiger partial charge in [-0.05, 0) is 68.7 Å². The van der Waals surface area contributed by atoms with Crippen LogP contribution in [0.1, 0.15) is 57.1 Å². The zero-order chi connectivity index (χ0) is 19.8. The maximum absolute atomic E-state index is 10.9. The van der Waals surface area contributed by atoms with Crippen molar-refractivity contribution < 1.29 is 9.84 Å². The number of likely N-dealkylation sites (tertiary alicyclic amines) is 1. The number of aromatic nitrogens is 1. The van der Waals surface area contributed by atoms with Crippen LogP contribution in [-0.2, 0) is 0 Å². The van der Waals surface area contributed by atoms with Crippen molar-refractivity contribution in [2.24, 2.45) is 0 Å². The Kier molecular flexibility index (Phi) is 8.07. The molecule has 1 aromatic carbocycles. The molecule has 1 atom stereocenters. The molecule has 28 heavy (non-hydrogen) atoms. The zero-order valence-electron chi connectivity index (χ0n) is 17.4. The Hall–Kier alpha value is -1.69. The highest BCUT2D eigenvalue weighted by atomic mass is 16.5. The molecule has 0 spiro atoms. The van der Waals surface area contributed by atoms with Crippen molar-refractivity contribution in [1.82, 2.24) is 15.2 Å². The molecule has 154 valence electrons. The molecular formula is C23H35N3O2. The van der Waals surface area contributed by atoms with Crippen LogP contribution in [0.15, 0.2) is 30.5 Å². The van der Waals surface area contributed by atoms with Gasteiger partial charge >= 0.3 is 0 Å². The van der Waals surface area contributed by atoms with Crippen LogP contribution in [0.25, 0.3) is 10.9 Å². The van der Waals surface area contributed by atoms with E-state index in [0.29, 0.717) is 12.6 Å². The van der Waals surface area contributed by atoms with E-state index < -0.39 is 6.10 Å². The van der Waals surface area contributed by atoms with Gasteiger partial charge in [-0.3, -0.25) is 4.98 Å². The Bertz CT molecular complexity index is 729. The highest BCUT2D eigenvalue weighted by Crippen LogP contribution is 2.27. The van der Waals surface area contributed by atoms with Gasteiger partial charge in [0.15, 0.2) is 0 Å². The predicted molar refractivity (Wildman–Crippen MR) is 115 cm³/mol. The van der Waals surface area contributed by atoms with Crippen LogP contribution in [0.4, 0.5) is 0 Å². The lowest BCUT2D eigenvalue weighted by molar-refractivity contribution is 0.0950. The first kappa shape index (κ1) is 21.0. The normalized spacial score (nSPS) is 17.1. The van der Waals surface area contributed by atoms with E-state index in [1.54, 1.807) is 13.3 Å². The third-order valence-electron chi connectivity index (χ3n) is 5.82. The van der Waals surface area contributed by atoms with Crippen molar-refractivity contribution in [3.8, 4) is 5.75 Å². The number of nitrogens with one attached hydrogen (secondary N) is 1. The Morgan fingerprint density at radius 2 is 2.04 bits per heavy atom. The second-order valence-electron chi connectivity index (χ2n) is 7.89. The van der Waals surface area contributed by atoms with Gasteiger partial charge in [-0.25, -0.2) is 0 Å². The first-order valence-electron chi connectivity index (χ1n) is 10.8.